The van der Waals surface area contributed by atoms with Gasteiger partial charge in [0.05, 0.1) is 24.0 Å². The Hall–Kier alpha value is -3.22. The Morgan fingerprint density at radius 2 is 1.96 bits per heavy atom. The molecule has 1 aromatic carbocycles. The van der Waals surface area contributed by atoms with Crippen LogP contribution in [0.3, 0.4) is 0 Å². The highest BCUT2D eigenvalue weighted by molar-refractivity contribution is 5.93. The Bertz CT molecular complexity index is 995. The molecule has 4 rings (SSSR count). The van der Waals surface area contributed by atoms with Gasteiger partial charge in [-0.05, 0) is 13.3 Å². The first-order chi connectivity index (χ1) is 13.6. The molecule has 7 nitrogen and oxygen atoms in total. The molecule has 1 amide bonds. The standard InChI is InChI=1S/C21H24N6O/c1-4-27-13-16(12-22-27)21(28)26-11-10-17-18(14-26)23-19(24-20(17)25(2)3)15-8-6-5-7-9-15/h5-9,12-13H,4,10-11,14H2,1-3H3. The highest BCUT2D eigenvalue weighted by Crippen LogP contribution is 2.29. The number of anilines is 1. The minimum absolute atomic E-state index is 0.00312. The van der Waals surface area contributed by atoms with Crippen LogP contribution < -0.4 is 4.90 Å². The fourth-order valence-corrected chi connectivity index (χ4v) is 3.50. The molecule has 3 aromatic rings. The summed E-state index contributed by atoms with van der Waals surface area (Å²) >= 11 is 0. The predicted molar refractivity (Wildman–Crippen MR) is 108 cm³/mol. The summed E-state index contributed by atoms with van der Waals surface area (Å²) in [5, 5.41) is 4.22. The van der Waals surface area contributed by atoms with E-state index < -0.39 is 0 Å². The second kappa shape index (κ2) is 7.42. The molecular weight excluding hydrogens is 352 g/mol. The van der Waals surface area contributed by atoms with E-state index >= 15 is 0 Å². The molecule has 1 aliphatic heterocycles. The van der Waals surface area contributed by atoms with Gasteiger partial charge >= 0.3 is 0 Å². The van der Waals surface area contributed by atoms with Crippen LogP contribution in [-0.2, 0) is 19.5 Å². The third kappa shape index (κ3) is 3.35. The summed E-state index contributed by atoms with van der Waals surface area (Å²) in [6, 6.07) is 9.95. The van der Waals surface area contributed by atoms with Crippen LogP contribution in [0.25, 0.3) is 11.4 Å². The van der Waals surface area contributed by atoms with E-state index in [1.807, 2.05) is 61.2 Å². The van der Waals surface area contributed by atoms with Crippen molar-refractivity contribution < 1.29 is 4.79 Å². The first-order valence-electron chi connectivity index (χ1n) is 9.51. The van der Waals surface area contributed by atoms with Crippen molar-refractivity contribution >= 4 is 11.7 Å². The average molecular weight is 376 g/mol. The van der Waals surface area contributed by atoms with Crippen molar-refractivity contribution in [1.29, 1.82) is 0 Å². The summed E-state index contributed by atoms with van der Waals surface area (Å²) in [6.07, 6.45) is 4.19. The molecule has 0 atom stereocenters. The zero-order valence-electron chi connectivity index (χ0n) is 16.5. The first-order valence-corrected chi connectivity index (χ1v) is 9.51. The molecule has 7 heteroatoms. The molecular formula is C21H24N6O. The number of amides is 1. The van der Waals surface area contributed by atoms with Crippen LogP contribution in [0.5, 0.6) is 0 Å². The molecule has 0 radical (unpaired) electrons. The van der Waals surface area contributed by atoms with E-state index in [2.05, 4.69) is 5.10 Å². The number of carbonyl (C=O) groups is 1. The van der Waals surface area contributed by atoms with Crippen molar-refractivity contribution in [3.8, 4) is 11.4 Å². The quantitative estimate of drug-likeness (QED) is 0.700. The Balaban J connectivity index is 1.68. The number of aryl methyl sites for hydroxylation is 1. The van der Waals surface area contributed by atoms with Gasteiger partial charge in [-0.2, -0.15) is 5.10 Å². The maximum absolute atomic E-state index is 12.9. The highest BCUT2D eigenvalue weighted by atomic mass is 16.2. The number of aromatic nitrogens is 4. The number of benzene rings is 1. The zero-order chi connectivity index (χ0) is 19.7. The third-order valence-electron chi connectivity index (χ3n) is 4.99. The van der Waals surface area contributed by atoms with E-state index in [0.29, 0.717) is 24.5 Å². The molecule has 0 fully saturated rings. The van der Waals surface area contributed by atoms with Crippen molar-refractivity contribution in [3.63, 3.8) is 0 Å². The smallest absolute Gasteiger partial charge is 0.257 e. The van der Waals surface area contributed by atoms with E-state index in [0.717, 1.165) is 35.6 Å². The van der Waals surface area contributed by atoms with Gasteiger partial charge in [0.25, 0.3) is 5.91 Å². The van der Waals surface area contributed by atoms with Crippen molar-refractivity contribution in [2.75, 3.05) is 25.5 Å². The first kappa shape index (κ1) is 18.2. The molecule has 3 heterocycles. The monoisotopic (exact) mass is 376 g/mol. The average Bonchev–Trinajstić information content (AvgIpc) is 3.21. The molecule has 0 saturated heterocycles. The summed E-state index contributed by atoms with van der Waals surface area (Å²) in [6.45, 7) is 3.88. The minimum atomic E-state index is -0.00312. The van der Waals surface area contributed by atoms with Gasteiger partial charge in [-0.15, -0.1) is 0 Å². The second-order valence-electron chi connectivity index (χ2n) is 7.12. The molecule has 0 bridgehead atoms. The molecule has 0 unspecified atom stereocenters. The predicted octanol–water partition coefficient (Wildman–Crippen LogP) is 2.62. The van der Waals surface area contributed by atoms with E-state index in [4.69, 9.17) is 9.97 Å². The number of hydrogen-bond donors (Lipinski definition) is 0. The Kier molecular flexibility index (Phi) is 4.81. The fraction of sp³-hybridized carbons (Fsp3) is 0.333. The summed E-state index contributed by atoms with van der Waals surface area (Å²) in [5.74, 6) is 1.61. The lowest BCUT2D eigenvalue weighted by molar-refractivity contribution is 0.0731. The molecule has 0 aliphatic carbocycles. The Morgan fingerprint density at radius 3 is 2.64 bits per heavy atom. The number of carbonyl (C=O) groups excluding carboxylic acids is 1. The van der Waals surface area contributed by atoms with Crippen molar-refractivity contribution in [3.05, 3.63) is 59.5 Å². The van der Waals surface area contributed by atoms with Crippen LogP contribution in [0, 0.1) is 0 Å². The number of hydrogen-bond acceptors (Lipinski definition) is 5. The molecule has 28 heavy (non-hydrogen) atoms. The van der Waals surface area contributed by atoms with E-state index in [1.54, 1.807) is 17.1 Å². The topological polar surface area (TPSA) is 67.2 Å². The summed E-state index contributed by atoms with van der Waals surface area (Å²) in [4.78, 5) is 26.4. The Labute approximate surface area is 164 Å². The maximum atomic E-state index is 12.9. The van der Waals surface area contributed by atoms with Gasteiger partial charge in [-0.3, -0.25) is 9.48 Å². The molecule has 0 spiro atoms. The lowest BCUT2D eigenvalue weighted by Crippen LogP contribution is -2.37. The minimum Gasteiger partial charge on any atom is -0.362 e. The lowest BCUT2D eigenvalue weighted by atomic mass is 10.0. The van der Waals surface area contributed by atoms with Gasteiger partial charge in [-0.1, -0.05) is 30.3 Å². The summed E-state index contributed by atoms with van der Waals surface area (Å²) in [7, 11) is 3.99. The van der Waals surface area contributed by atoms with Crippen LogP contribution in [0.1, 0.15) is 28.5 Å². The van der Waals surface area contributed by atoms with Gasteiger partial charge in [-0.25, -0.2) is 9.97 Å². The van der Waals surface area contributed by atoms with Gasteiger partial charge in [0.2, 0.25) is 0 Å². The third-order valence-corrected chi connectivity index (χ3v) is 4.99. The van der Waals surface area contributed by atoms with Gasteiger partial charge in [0, 0.05) is 44.5 Å². The molecule has 2 aromatic heterocycles. The summed E-state index contributed by atoms with van der Waals surface area (Å²) in [5.41, 5.74) is 3.63. The van der Waals surface area contributed by atoms with Crippen molar-refractivity contribution in [2.24, 2.45) is 0 Å². The van der Waals surface area contributed by atoms with Crippen LogP contribution in [0.15, 0.2) is 42.7 Å². The fourth-order valence-electron chi connectivity index (χ4n) is 3.50. The number of nitrogens with zero attached hydrogens (tertiary/aromatic N) is 6. The molecule has 1 aliphatic rings. The largest absolute Gasteiger partial charge is 0.362 e. The van der Waals surface area contributed by atoms with Gasteiger partial charge < -0.3 is 9.80 Å². The van der Waals surface area contributed by atoms with Crippen LogP contribution in [0.4, 0.5) is 5.82 Å². The Morgan fingerprint density at radius 1 is 1.18 bits per heavy atom. The van der Waals surface area contributed by atoms with Crippen LogP contribution >= 0.6 is 0 Å². The summed E-state index contributed by atoms with van der Waals surface area (Å²) < 4.78 is 1.77. The van der Waals surface area contributed by atoms with Gasteiger partial charge in [0.1, 0.15) is 5.82 Å². The normalized spacial score (nSPS) is 13.3. The van der Waals surface area contributed by atoms with E-state index in [1.165, 1.54) is 0 Å². The van der Waals surface area contributed by atoms with Crippen molar-refractivity contribution in [1.82, 2.24) is 24.6 Å². The number of fused-ring (bicyclic) bond motifs is 1. The maximum Gasteiger partial charge on any atom is 0.257 e. The lowest BCUT2D eigenvalue weighted by Gasteiger charge is -2.30. The second-order valence-corrected chi connectivity index (χ2v) is 7.12. The van der Waals surface area contributed by atoms with Crippen molar-refractivity contribution in [2.45, 2.75) is 26.4 Å². The molecule has 144 valence electrons. The van der Waals surface area contributed by atoms with Crippen LogP contribution in [0.2, 0.25) is 0 Å². The van der Waals surface area contributed by atoms with Gasteiger partial charge in [0.15, 0.2) is 5.82 Å². The number of rotatable bonds is 4. The van der Waals surface area contributed by atoms with E-state index in [-0.39, 0.29) is 5.91 Å². The highest BCUT2D eigenvalue weighted by Gasteiger charge is 2.27. The molecule has 0 N–H and O–H groups in total. The molecule has 0 saturated carbocycles. The zero-order valence-corrected chi connectivity index (χ0v) is 16.5. The van der Waals surface area contributed by atoms with Crippen LogP contribution in [-0.4, -0.2) is 51.2 Å². The SMILES string of the molecule is CCn1cc(C(=O)N2CCc3c(nc(-c4ccccc4)nc3N(C)C)C2)cn1. The van der Waals surface area contributed by atoms with E-state index in [9.17, 15) is 4.79 Å².